The van der Waals surface area contributed by atoms with E-state index in [0.717, 1.165) is 51.8 Å². The summed E-state index contributed by atoms with van der Waals surface area (Å²) in [7, 11) is 0. The van der Waals surface area contributed by atoms with Crippen molar-refractivity contribution in [3.63, 3.8) is 0 Å². The van der Waals surface area contributed by atoms with Crippen LogP contribution >= 0.6 is 0 Å². The molecule has 4 aromatic carbocycles. The molecule has 0 aliphatic carbocycles. The third kappa shape index (κ3) is 4.98. The first kappa shape index (κ1) is 20.4. The molecule has 0 aliphatic rings. The summed E-state index contributed by atoms with van der Waals surface area (Å²) >= 11 is 0. The van der Waals surface area contributed by atoms with E-state index >= 15 is 0 Å². The summed E-state index contributed by atoms with van der Waals surface area (Å²) in [6.07, 6.45) is 0.759. The molecule has 31 heavy (non-hydrogen) atoms. The first-order valence-corrected chi connectivity index (χ1v) is 10.2. The van der Waals surface area contributed by atoms with E-state index in [0.29, 0.717) is 5.69 Å². The van der Waals surface area contributed by atoms with Crippen LogP contribution in [0.1, 0.15) is 22.3 Å². The molecule has 0 saturated carbocycles. The highest BCUT2D eigenvalue weighted by Gasteiger charge is 2.11. The highest BCUT2D eigenvalue weighted by Crippen LogP contribution is 2.32. The molecule has 0 heterocycles. The van der Waals surface area contributed by atoms with Crippen LogP contribution in [-0.2, 0) is 6.42 Å². The molecule has 0 saturated heterocycles. The number of hydrogen-bond donors (Lipinski definition) is 2. The van der Waals surface area contributed by atoms with Crippen LogP contribution < -0.4 is 20.9 Å². The van der Waals surface area contributed by atoms with Gasteiger partial charge in [0.05, 0.1) is 0 Å². The van der Waals surface area contributed by atoms with Gasteiger partial charge in [0.2, 0.25) is 0 Å². The van der Waals surface area contributed by atoms with E-state index in [9.17, 15) is 0 Å². The van der Waals surface area contributed by atoms with Crippen molar-refractivity contribution in [2.45, 2.75) is 20.3 Å². The summed E-state index contributed by atoms with van der Waals surface area (Å²) in [5.41, 5.74) is 17.5. The minimum atomic E-state index is 0.717. The van der Waals surface area contributed by atoms with Crippen molar-refractivity contribution in [3.05, 3.63) is 107 Å². The smallest absolute Gasteiger partial charge is 0.133 e. The zero-order valence-corrected chi connectivity index (χ0v) is 17.8. The molecule has 0 amide bonds. The van der Waals surface area contributed by atoms with Crippen LogP contribution in [0.25, 0.3) is 0 Å². The maximum Gasteiger partial charge on any atom is 0.133 e. The van der Waals surface area contributed by atoms with Gasteiger partial charge in [0, 0.05) is 17.8 Å². The van der Waals surface area contributed by atoms with Crippen molar-refractivity contribution >= 4 is 11.4 Å². The molecule has 156 valence electrons. The SMILES string of the molecule is Cc1cc(Cc2cccc(C)c2Oc2ccc(N)cc2)ccc1Oc1ccc(N)cc1. The predicted molar refractivity (Wildman–Crippen MR) is 127 cm³/mol. The second kappa shape index (κ2) is 8.84. The van der Waals surface area contributed by atoms with Crippen LogP contribution in [0, 0.1) is 13.8 Å². The van der Waals surface area contributed by atoms with Gasteiger partial charge in [-0.15, -0.1) is 0 Å². The summed E-state index contributed by atoms with van der Waals surface area (Å²) in [6.45, 7) is 4.11. The number of nitrogens with two attached hydrogens (primary N) is 2. The molecule has 4 N–H and O–H groups in total. The van der Waals surface area contributed by atoms with E-state index < -0.39 is 0 Å². The Morgan fingerprint density at radius 1 is 0.645 bits per heavy atom. The quantitative estimate of drug-likeness (QED) is 0.349. The first-order chi connectivity index (χ1) is 15.0. The minimum absolute atomic E-state index is 0.717. The lowest BCUT2D eigenvalue weighted by atomic mass is 10.00. The average molecular weight is 411 g/mol. The molecular weight excluding hydrogens is 384 g/mol. The summed E-state index contributed by atoms with van der Waals surface area (Å²) in [6, 6.07) is 27.4. The highest BCUT2D eigenvalue weighted by atomic mass is 16.5. The zero-order chi connectivity index (χ0) is 21.8. The van der Waals surface area contributed by atoms with Crippen molar-refractivity contribution in [2.24, 2.45) is 0 Å². The Morgan fingerprint density at radius 2 is 1.26 bits per heavy atom. The third-order valence-corrected chi connectivity index (χ3v) is 5.14. The van der Waals surface area contributed by atoms with Crippen molar-refractivity contribution in [1.29, 1.82) is 0 Å². The van der Waals surface area contributed by atoms with E-state index in [1.807, 2.05) is 54.6 Å². The van der Waals surface area contributed by atoms with Crippen LogP contribution in [0.3, 0.4) is 0 Å². The Hall–Kier alpha value is -3.92. The van der Waals surface area contributed by atoms with Crippen LogP contribution in [0.2, 0.25) is 0 Å². The van der Waals surface area contributed by atoms with E-state index in [1.165, 1.54) is 5.56 Å². The molecule has 4 rings (SSSR count). The Balaban J connectivity index is 1.55. The van der Waals surface area contributed by atoms with E-state index in [4.69, 9.17) is 20.9 Å². The van der Waals surface area contributed by atoms with Crippen LogP contribution in [0.4, 0.5) is 11.4 Å². The van der Waals surface area contributed by atoms with Gasteiger partial charge in [-0.2, -0.15) is 0 Å². The van der Waals surface area contributed by atoms with E-state index in [-0.39, 0.29) is 0 Å². The molecular formula is C27H26N2O2. The van der Waals surface area contributed by atoms with Gasteiger partial charge >= 0.3 is 0 Å². The molecule has 0 spiro atoms. The lowest BCUT2D eigenvalue weighted by Crippen LogP contribution is -1.97. The molecule has 0 radical (unpaired) electrons. The van der Waals surface area contributed by atoms with Gasteiger partial charge in [0.1, 0.15) is 23.0 Å². The topological polar surface area (TPSA) is 70.5 Å². The molecule has 4 heteroatoms. The molecule has 4 nitrogen and oxygen atoms in total. The number of rotatable bonds is 6. The largest absolute Gasteiger partial charge is 0.457 e. The van der Waals surface area contributed by atoms with Crippen molar-refractivity contribution in [1.82, 2.24) is 0 Å². The number of hydrogen-bond acceptors (Lipinski definition) is 4. The highest BCUT2D eigenvalue weighted by molar-refractivity contribution is 5.49. The molecule has 0 fully saturated rings. The average Bonchev–Trinajstić information content (AvgIpc) is 2.75. The summed E-state index contributed by atoms with van der Waals surface area (Å²) in [5.74, 6) is 3.25. The van der Waals surface area contributed by atoms with Gasteiger partial charge in [0.15, 0.2) is 0 Å². The predicted octanol–water partition coefficient (Wildman–Crippen LogP) is 6.64. The number of anilines is 2. The van der Waals surface area contributed by atoms with Gasteiger partial charge in [0.25, 0.3) is 0 Å². The number of aryl methyl sites for hydroxylation is 2. The second-order valence-corrected chi connectivity index (χ2v) is 7.68. The van der Waals surface area contributed by atoms with Gasteiger partial charge in [-0.1, -0.05) is 30.3 Å². The van der Waals surface area contributed by atoms with Gasteiger partial charge in [-0.25, -0.2) is 0 Å². The normalized spacial score (nSPS) is 10.6. The Labute approximate surface area is 183 Å². The van der Waals surface area contributed by atoms with Gasteiger partial charge < -0.3 is 20.9 Å². The van der Waals surface area contributed by atoms with Crippen molar-refractivity contribution in [2.75, 3.05) is 11.5 Å². The summed E-state index contributed by atoms with van der Waals surface area (Å²) in [4.78, 5) is 0. The van der Waals surface area contributed by atoms with Crippen molar-refractivity contribution in [3.8, 4) is 23.0 Å². The molecule has 0 aliphatic heterocycles. The van der Waals surface area contributed by atoms with Gasteiger partial charge in [-0.3, -0.25) is 0 Å². The number of benzene rings is 4. The van der Waals surface area contributed by atoms with Crippen LogP contribution in [0.5, 0.6) is 23.0 Å². The first-order valence-electron chi connectivity index (χ1n) is 10.2. The van der Waals surface area contributed by atoms with E-state index in [2.05, 4.69) is 44.2 Å². The standard InChI is InChI=1S/C27H26N2O2/c1-18-4-3-5-21(27(18)31-25-13-9-23(29)10-14-25)17-20-6-15-26(19(2)16-20)30-24-11-7-22(28)8-12-24/h3-16H,17,28-29H2,1-2H3. The maximum absolute atomic E-state index is 6.22. The van der Waals surface area contributed by atoms with E-state index in [1.54, 1.807) is 0 Å². The Bertz CT molecular complexity index is 1180. The lowest BCUT2D eigenvalue weighted by molar-refractivity contribution is 0.473. The Kier molecular flexibility index (Phi) is 5.80. The second-order valence-electron chi connectivity index (χ2n) is 7.68. The fourth-order valence-electron chi connectivity index (χ4n) is 3.47. The molecule has 0 aromatic heterocycles. The number of nitrogen functional groups attached to an aromatic ring is 2. The van der Waals surface area contributed by atoms with Crippen LogP contribution in [-0.4, -0.2) is 0 Å². The Morgan fingerprint density at radius 3 is 1.87 bits per heavy atom. The zero-order valence-electron chi connectivity index (χ0n) is 17.8. The van der Waals surface area contributed by atoms with Crippen LogP contribution in [0.15, 0.2) is 84.9 Å². The third-order valence-electron chi connectivity index (χ3n) is 5.14. The lowest BCUT2D eigenvalue weighted by Gasteiger charge is -2.15. The number of para-hydroxylation sites is 1. The fourth-order valence-corrected chi connectivity index (χ4v) is 3.47. The van der Waals surface area contributed by atoms with Crippen molar-refractivity contribution < 1.29 is 9.47 Å². The monoisotopic (exact) mass is 410 g/mol. The molecule has 0 unspecified atom stereocenters. The molecule has 0 atom stereocenters. The maximum atomic E-state index is 6.22. The van der Waals surface area contributed by atoms with Gasteiger partial charge in [-0.05, 0) is 90.7 Å². The summed E-state index contributed by atoms with van der Waals surface area (Å²) < 4.78 is 12.2. The fraction of sp³-hybridized carbons (Fsp3) is 0.111. The minimum Gasteiger partial charge on any atom is -0.457 e. The molecule has 4 aromatic rings. The number of ether oxygens (including phenoxy) is 2. The summed E-state index contributed by atoms with van der Waals surface area (Å²) in [5, 5.41) is 0. The molecule has 0 bridgehead atoms.